The Morgan fingerprint density at radius 3 is 2.47 bits per heavy atom. The molecule has 0 aromatic carbocycles. The van der Waals surface area contributed by atoms with Crippen molar-refractivity contribution in [2.24, 2.45) is 11.1 Å². The molecular weight excluding hydrogens is 224 g/mol. The molecule has 5 heteroatoms. The van der Waals surface area contributed by atoms with Gasteiger partial charge in [0.15, 0.2) is 11.6 Å². The van der Waals surface area contributed by atoms with Crippen LogP contribution in [0.4, 0.5) is 14.6 Å². The predicted octanol–water partition coefficient (Wildman–Crippen LogP) is 2.54. The summed E-state index contributed by atoms with van der Waals surface area (Å²) in [5.41, 5.74) is 5.67. The first-order chi connectivity index (χ1) is 8.06. The SMILES string of the molecule is CCC(CC)(CN)CNc1ncc(F)cc1F. The summed E-state index contributed by atoms with van der Waals surface area (Å²) in [6, 6.07) is 0.817. The molecule has 0 bridgehead atoms. The Morgan fingerprint density at radius 2 is 2.00 bits per heavy atom. The minimum atomic E-state index is -0.678. The van der Waals surface area contributed by atoms with E-state index in [4.69, 9.17) is 5.73 Å². The zero-order chi connectivity index (χ0) is 12.9. The van der Waals surface area contributed by atoms with Gasteiger partial charge in [-0.2, -0.15) is 0 Å². The maximum atomic E-state index is 13.3. The third kappa shape index (κ3) is 3.36. The van der Waals surface area contributed by atoms with Gasteiger partial charge >= 0.3 is 0 Å². The topological polar surface area (TPSA) is 50.9 Å². The third-order valence-electron chi connectivity index (χ3n) is 3.37. The van der Waals surface area contributed by atoms with E-state index in [1.54, 1.807) is 0 Å². The summed E-state index contributed by atoms with van der Waals surface area (Å²) in [6.45, 7) is 5.15. The van der Waals surface area contributed by atoms with Crippen LogP contribution in [0.5, 0.6) is 0 Å². The van der Waals surface area contributed by atoms with Crippen LogP contribution >= 0.6 is 0 Å². The zero-order valence-corrected chi connectivity index (χ0v) is 10.3. The Morgan fingerprint density at radius 1 is 1.35 bits per heavy atom. The molecule has 0 atom stereocenters. The van der Waals surface area contributed by atoms with Crippen LogP contribution in [0.25, 0.3) is 0 Å². The Bertz CT molecular complexity index is 357. The minimum absolute atomic E-state index is 0.0670. The molecule has 1 heterocycles. The van der Waals surface area contributed by atoms with Crippen LogP contribution in [0.15, 0.2) is 12.3 Å². The summed E-state index contributed by atoms with van der Waals surface area (Å²) in [4.78, 5) is 3.68. The van der Waals surface area contributed by atoms with Crippen LogP contribution in [-0.4, -0.2) is 18.1 Å². The number of rotatable bonds is 6. The molecule has 0 spiro atoms. The summed E-state index contributed by atoms with van der Waals surface area (Å²) in [7, 11) is 0. The highest BCUT2D eigenvalue weighted by Gasteiger charge is 2.24. The molecule has 0 radical (unpaired) electrons. The van der Waals surface area contributed by atoms with E-state index in [1.807, 2.05) is 13.8 Å². The number of hydrogen-bond acceptors (Lipinski definition) is 3. The number of aromatic nitrogens is 1. The van der Waals surface area contributed by atoms with Gasteiger partial charge in [0, 0.05) is 12.6 Å². The van der Waals surface area contributed by atoms with Crippen LogP contribution < -0.4 is 11.1 Å². The fraction of sp³-hybridized carbons (Fsp3) is 0.583. The number of pyridine rings is 1. The Hall–Kier alpha value is -1.23. The largest absolute Gasteiger partial charge is 0.367 e. The van der Waals surface area contributed by atoms with Crippen molar-refractivity contribution in [3.63, 3.8) is 0 Å². The first-order valence-electron chi connectivity index (χ1n) is 5.82. The number of nitrogens with zero attached hydrogens (tertiary/aromatic N) is 1. The molecule has 0 saturated heterocycles. The lowest BCUT2D eigenvalue weighted by Crippen LogP contribution is -2.36. The normalized spacial score (nSPS) is 11.6. The van der Waals surface area contributed by atoms with Gasteiger partial charge in [0.2, 0.25) is 0 Å². The average Bonchev–Trinajstić information content (AvgIpc) is 2.33. The van der Waals surface area contributed by atoms with Crippen molar-refractivity contribution in [3.8, 4) is 0 Å². The van der Waals surface area contributed by atoms with Gasteiger partial charge in [0.1, 0.15) is 5.82 Å². The van der Waals surface area contributed by atoms with Gasteiger partial charge in [0.05, 0.1) is 6.20 Å². The summed E-state index contributed by atoms with van der Waals surface area (Å²) in [6.07, 6.45) is 2.79. The maximum absolute atomic E-state index is 13.3. The molecule has 17 heavy (non-hydrogen) atoms. The number of hydrogen-bond donors (Lipinski definition) is 2. The van der Waals surface area contributed by atoms with Crippen LogP contribution in [0.3, 0.4) is 0 Å². The van der Waals surface area contributed by atoms with Crippen molar-refractivity contribution in [2.75, 3.05) is 18.4 Å². The summed E-state index contributed by atoms with van der Waals surface area (Å²) >= 11 is 0. The van der Waals surface area contributed by atoms with E-state index < -0.39 is 11.6 Å². The first kappa shape index (κ1) is 13.8. The highest BCUT2D eigenvalue weighted by atomic mass is 19.1. The van der Waals surface area contributed by atoms with Crippen molar-refractivity contribution in [2.45, 2.75) is 26.7 Å². The van der Waals surface area contributed by atoms with Gasteiger partial charge in [-0.15, -0.1) is 0 Å². The highest BCUT2D eigenvalue weighted by molar-refractivity contribution is 5.36. The van der Waals surface area contributed by atoms with Gasteiger partial charge in [-0.3, -0.25) is 0 Å². The molecule has 0 aliphatic heterocycles. The Kier molecular flexibility index (Phi) is 4.81. The van der Waals surface area contributed by atoms with Gasteiger partial charge in [-0.05, 0) is 24.8 Å². The molecule has 0 saturated carbocycles. The fourth-order valence-electron chi connectivity index (χ4n) is 1.68. The molecule has 1 aromatic rings. The lowest BCUT2D eigenvalue weighted by molar-refractivity contribution is 0.294. The predicted molar refractivity (Wildman–Crippen MR) is 64.7 cm³/mol. The van der Waals surface area contributed by atoms with E-state index in [-0.39, 0.29) is 11.2 Å². The van der Waals surface area contributed by atoms with Gasteiger partial charge in [0.25, 0.3) is 0 Å². The van der Waals surface area contributed by atoms with Crippen LogP contribution in [-0.2, 0) is 0 Å². The van der Waals surface area contributed by atoms with Crippen LogP contribution in [0.2, 0.25) is 0 Å². The molecule has 1 rings (SSSR count). The van der Waals surface area contributed by atoms with Crippen LogP contribution in [0, 0.1) is 17.0 Å². The molecule has 0 aliphatic carbocycles. The molecule has 1 aromatic heterocycles. The lowest BCUT2D eigenvalue weighted by Gasteiger charge is -2.30. The highest BCUT2D eigenvalue weighted by Crippen LogP contribution is 2.25. The second-order valence-electron chi connectivity index (χ2n) is 4.25. The third-order valence-corrected chi connectivity index (χ3v) is 3.37. The smallest absolute Gasteiger partial charge is 0.168 e. The monoisotopic (exact) mass is 243 g/mol. The van der Waals surface area contributed by atoms with E-state index >= 15 is 0 Å². The van der Waals surface area contributed by atoms with E-state index in [0.29, 0.717) is 13.1 Å². The van der Waals surface area contributed by atoms with Crippen molar-refractivity contribution < 1.29 is 8.78 Å². The minimum Gasteiger partial charge on any atom is -0.367 e. The zero-order valence-electron chi connectivity index (χ0n) is 10.3. The molecule has 0 aliphatic rings. The van der Waals surface area contributed by atoms with Crippen LogP contribution in [0.1, 0.15) is 26.7 Å². The quantitative estimate of drug-likeness (QED) is 0.807. The van der Waals surface area contributed by atoms with E-state index in [1.165, 1.54) is 0 Å². The van der Waals surface area contributed by atoms with Crippen molar-refractivity contribution >= 4 is 5.82 Å². The summed E-state index contributed by atoms with van der Waals surface area (Å²) in [5, 5.41) is 2.90. The summed E-state index contributed by atoms with van der Waals surface area (Å²) in [5.74, 6) is -1.28. The molecule has 3 N–H and O–H groups in total. The molecular formula is C12H19F2N3. The second-order valence-corrected chi connectivity index (χ2v) is 4.25. The van der Waals surface area contributed by atoms with Crippen molar-refractivity contribution in [3.05, 3.63) is 23.9 Å². The van der Waals surface area contributed by atoms with Gasteiger partial charge in [-0.25, -0.2) is 13.8 Å². The van der Waals surface area contributed by atoms with Crippen molar-refractivity contribution in [1.82, 2.24) is 4.98 Å². The fourth-order valence-corrected chi connectivity index (χ4v) is 1.68. The molecule has 0 fully saturated rings. The van der Waals surface area contributed by atoms with E-state index in [2.05, 4.69) is 10.3 Å². The van der Waals surface area contributed by atoms with Gasteiger partial charge < -0.3 is 11.1 Å². The molecule has 96 valence electrons. The molecule has 0 unspecified atom stereocenters. The van der Waals surface area contributed by atoms with E-state index in [0.717, 1.165) is 25.1 Å². The van der Waals surface area contributed by atoms with Gasteiger partial charge in [-0.1, -0.05) is 13.8 Å². The average molecular weight is 243 g/mol. The Labute approximate surface area is 100 Å². The maximum Gasteiger partial charge on any atom is 0.168 e. The number of nitrogens with two attached hydrogens (primary N) is 1. The van der Waals surface area contributed by atoms with Crippen molar-refractivity contribution in [1.29, 1.82) is 0 Å². The lowest BCUT2D eigenvalue weighted by atomic mass is 9.82. The molecule has 0 amide bonds. The van der Waals surface area contributed by atoms with E-state index in [9.17, 15) is 8.78 Å². The number of nitrogens with one attached hydrogen (secondary N) is 1. The standard InChI is InChI=1S/C12H19F2N3/c1-3-12(4-2,7-15)8-17-11-10(14)5-9(13)6-16-11/h5-6H,3-4,7-8,15H2,1-2H3,(H,16,17). The summed E-state index contributed by atoms with van der Waals surface area (Å²) < 4.78 is 26.0. The molecule has 3 nitrogen and oxygen atoms in total. The Balaban J connectivity index is 2.72. The second kappa shape index (κ2) is 5.91. The number of anilines is 1. The number of halogens is 2. The first-order valence-corrected chi connectivity index (χ1v) is 5.82.